The Balaban J connectivity index is 1.91. The van der Waals surface area contributed by atoms with Gasteiger partial charge in [-0.2, -0.15) is 0 Å². The first-order chi connectivity index (χ1) is 10.7. The number of ether oxygens (including phenoxy) is 1. The van der Waals surface area contributed by atoms with Crippen molar-refractivity contribution in [3.8, 4) is 5.75 Å². The molecule has 7 heteroatoms. The van der Waals surface area contributed by atoms with E-state index in [0.717, 1.165) is 33.8 Å². The van der Waals surface area contributed by atoms with Crippen LogP contribution >= 0.6 is 27.7 Å². The van der Waals surface area contributed by atoms with Crippen LogP contribution in [0.1, 0.15) is 5.56 Å². The van der Waals surface area contributed by atoms with Crippen molar-refractivity contribution in [1.29, 1.82) is 0 Å². The minimum atomic E-state index is -0.367. The number of halogens is 1. The van der Waals surface area contributed by atoms with Crippen LogP contribution < -0.4 is 10.4 Å². The number of thioether (sulfide) groups is 1. The molecule has 0 saturated carbocycles. The van der Waals surface area contributed by atoms with Gasteiger partial charge >= 0.3 is 5.63 Å². The van der Waals surface area contributed by atoms with Crippen LogP contribution in [0, 0.1) is 0 Å². The quantitative estimate of drug-likeness (QED) is 0.750. The highest BCUT2D eigenvalue weighted by molar-refractivity contribution is 9.10. The Morgan fingerprint density at radius 3 is 3.09 bits per heavy atom. The normalized spacial score (nSPS) is 16.7. The number of aliphatic imine (C=N–C) groups is 1. The van der Waals surface area contributed by atoms with Gasteiger partial charge in [0.15, 0.2) is 16.5 Å². The van der Waals surface area contributed by atoms with E-state index in [1.807, 2.05) is 17.5 Å². The van der Waals surface area contributed by atoms with Crippen molar-refractivity contribution < 1.29 is 9.15 Å². The number of hydrogen-bond donors (Lipinski definition) is 0. The fourth-order valence-electron chi connectivity index (χ4n) is 2.63. The van der Waals surface area contributed by atoms with Gasteiger partial charge in [0.2, 0.25) is 0 Å². The van der Waals surface area contributed by atoms with Crippen molar-refractivity contribution in [2.24, 2.45) is 4.99 Å². The second kappa shape index (κ2) is 5.17. The zero-order valence-electron chi connectivity index (χ0n) is 11.6. The molecule has 0 bridgehead atoms. The topological polar surface area (TPSA) is 55.0 Å². The summed E-state index contributed by atoms with van der Waals surface area (Å²) in [5, 5.41) is 3.71. The molecule has 0 atom stereocenters. The molecule has 4 rings (SSSR count). The van der Waals surface area contributed by atoms with Crippen molar-refractivity contribution in [3.63, 3.8) is 0 Å². The molecule has 112 valence electrons. The lowest BCUT2D eigenvalue weighted by molar-refractivity contribution is 0.406. The summed E-state index contributed by atoms with van der Waals surface area (Å²) in [7, 11) is 1.55. The van der Waals surface area contributed by atoms with E-state index in [2.05, 4.69) is 25.8 Å². The molecule has 1 aromatic carbocycles. The van der Waals surface area contributed by atoms with Crippen LogP contribution in [-0.2, 0) is 0 Å². The van der Waals surface area contributed by atoms with Crippen LogP contribution in [0.5, 0.6) is 5.75 Å². The van der Waals surface area contributed by atoms with Gasteiger partial charge in [-0.05, 0) is 18.2 Å². The molecule has 0 radical (unpaired) electrons. The molecule has 1 aromatic heterocycles. The maximum Gasteiger partial charge on any atom is 0.345 e. The van der Waals surface area contributed by atoms with Gasteiger partial charge in [-0.15, -0.1) is 0 Å². The summed E-state index contributed by atoms with van der Waals surface area (Å²) >= 11 is 4.99. The first-order valence-corrected chi connectivity index (χ1v) is 8.35. The highest BCUT2D eigenvalue weighted by atomic mass is 79.9. The summed E-state index contributed by atoms with van der Waals surface area (Å²) < 4.78 is 11.7. The predicted octanol–water partition coefficient (Wildman–Crippen LogP) is 3.28. The van der Waals surface area contributed by atoms with Crippen LogP contribution in [0.4, 0.5) is 0 Å². The maximum atomic E-state index is 12.4. The predicted molar refractivity (Wildman–Crippen MR) is 91.3 cm³/mol. The summed E-state index contributed by atoms with van der Waals surface area (Å²) in [5.74, 6) is 0.534. The molecule has 0 fully saturated rings. The fourth-order valence-corrected chi connectivity index (χ4v) is 4.04. The smallest absolute Gasteiger partial charge is 0.345 e. The summed E-state index contributed by atoms with van der Waals surface area (Å²) in [6.45, 7) is 1.56. The third kappa shape index (κ3) is 2.07. The lowest BCUT2D eigenvalue weighted by atomic mass is 10.1. The number of hydrogen-bond acceptors (Lipinski definition) is 6. The molecule has 0 unspecified atom stereocenters. The summed E-state index contributed by atoms with van der Waals surface area (Å²) in [5.41, 5.74) is 1.50. The zero-order valence-corrected chi connectivity index (χ0v) is 14.0. The molecule has 2 aromatic rings. The van der Waals surface area contributed by atoms with Crippen molar-refractivity contribution in [2.45, 2.75) is 0 Å². The number of methoxy groups -OCH3 is 1. The number of benzene rings is 1. The highest BCUT2D eigenvalue weighted by Gasteiger charge is 2.29. The lowest BCUT2D eigenvalue weighted by Gasteiger charge is -2.16. The summed E-state index contributed by atoms with van der Waals surface area (Å²) in [6, 6.07) is 5.54. The van der Waals surface area contributed by atoms with E-state index in [-0.39, 0.29) is 5.63 Å². The fraction of sp³-hybridized carbons (Fsp3) is 0.200. The van der Waals surface area contributed by atoms with Gasteiger partial charge in [0, 0.05) is 21.8 Å². The molecule has 0 amide bonds. The number of amidine groups is 1. The SMILES string of the molecule is COc1cc(Br)cc2cc(C3=CSC4=NCCN34)c(=O)oc12. The van der Waals surface area contributed by atoms with E-state index >= 15 is 0 Å². The van der Waals surface area contributed by atoms with Gasteiger partial charge in [-0.1, -0.05) is 27.7 Å². The number of fused-ring (bicyclic) bond motifs is 2. The molecule has 0 spiro atoms. The Morgan fingerprint density at radius 1 is 1.41 bits per heavy atom. The molecule has 0 aliphatic carbocycles. The molecule has 2 aliphatic rings. The van der Waals surface area contributed by atoms with Crippen LogP contribution in [0.3, 0.4) is 0 Å². The zero-order chi connectivity index (χ0) is 15.3. The molecule has 5 nitrogen and oxygen atoms in total. The van der Waals surface area contributed by atoms with Crippen LogP contribution in [0.15, 0.2) is 42.3 Å². The van der Waals surface area contributed by atoms with Gasteiger partial charge in [0.05, 0.1) is 24.9 Å². The summed E-state index contributed by atoms with van der Waals surface area (Å²) in [4.78, 5) is 18.9. The third-order valence-electron chi connectivity index (χ3n) is 3.63. The van der Waals surface area contributed by atoms with Gasteiger partial charge in [0.1, 0.15) is 0 Å². The van der Waals surface area contributed by atoms with E-state index in [1.54, 1.807) is 24.9 Å². The molecule has 0 saturated heterocycles. The van der Waals surface area contributed by atoms with Crippen LogP contribution in [0.2, 0.25) is 0 Å². The molecule has 22 heavy (non-hydrogen) atoms. The Kier molecular flexibility index (Phi) is 3.27. The Hall–Kier alpha value is -1.73. The molecular formula is C15H11BrN2O3S. The van der Waals surface area contributed by atoms with Crippen molar-refractivity contribution >= 4 is 49.5 Å². The Bertz CT molecular complexity index is 904. The van der Waals surface area contributed by atoms with E-state index in [1.165, 1.54) is 0 Å². The molecular weight excluding hydrogens is 368 g/mol. The van der Waals surface area contributed by atoms with E-state index < -0.39 is 0 Å². The minimum absolute atomic E-state index is 0.367. The second-order valence-corrected chi connectivity index (χ2v) is 6.66. The lowest BCUT2D eigenvalue weighted by Crippen LogP contribution is -2.23. The van der Waals surface area contributed by atoms with E-state index in [9.17, 15) is 4.79 Å². The molecule has 0 N–H and O–H groups in total. The second-order valence-electron chi connectivity index (χ2n) is 4.91. The maximum absolute atomic E-state index is 12.4. The third-order valence-corrected chi connectivity index (χ3v) is 4.99. The summed E-state index contributed by atoms with van der Waals surface area (Å²) in [6.07, 6.45) is 0. The standard InChI is InChI=1S/C15H11BrN2O3S/c1-20-12-6-9(16)4-8-5-10(14(19)21-13(8)12)11-7-22-15-17-2-3-18(11)15/h4-7H,2-3H2,1H3. The molecule has 2 aliphatic heterocycles. The van der Waals surface area contributed by atoms with E-state index in [4.69, 9.17) is 9.15 Å². The van der Waals surface area contributed by atoms with Crippen molar-refractivity contribution in [2.75, 3.05) is 20.2 Å². The monoisotopic (exact) mass is 378 g/mol. The highest BCUT2D eigenvalue weighted by Crippen LogP contribution is 2.36. The average molecular weight is 379 g/mol. The largest absolute Gasteiger partial charge is 0.493 e. The van der Waals surface area contributed by atoms with Gasteiger partial charge in [-0.25, -0.2) is 4.79 Å². The van der Waals surface area contributed by atoms with Crippen molar-refractivity contribution in [3.05, 3.63) is 44.1 Å². The van der Waals surface area contributed by atoms with Gasteiger partial charge in [0.25, 0.3) is 0 Å². The first-order valence-electron chi connectivity index (χ1n) is 6.68. The van der Waals surface area contributed by atoms with Gasteiger partial charge in [-0.3, -0.25) is 4.99 Å². The average Bonchev–Trinajstić information content (AvgIpc) is 3.09. The van der Waals surface area contributed by atoms with Crippen LogP contribution in [-0.4, -0.2) is 30.3 Å². The van der Waals surface area contributed by atoms with E-state index in [0.29, 0.717) is 16.9 Å². The Morgan fingerprint density at radius 2 is 2.27 bits per heavy atom. The Labute approximate surface area is 138 Å². The number of nitrogens with zero attached hydrogens (tertiary/aromatic N) is 2. The van der Waals surface area contributed by atoms with Gasteiger partial charge < -0.3 is 14.1 Å². The first kappa shape index (κ1) is 13.9. The van der Waals surface area contributed by atoms with Crippen LogP contribution in [0.25, 0.3) is 16.7 Å². The number of rotatable bonds is 2. The minimum Gasteiger partial charge on any atom is -0.493 e. The molecule has 3 heterocycles. The van der Waals surface area contributed by atoms with Crippen molar-refractivity contribution in [1.82, 2.24) is 4.90 Å².